The Morgan fingerprint density at radius 2 is 0.833 bits per heavy atom. The lowest BCUT2D eigenvalue weighted by atomic mass is 10.0. The third kappa shape index (κ3) is 4.75. The van der Waals surface area contributed by atoms with Gasteiger partial charge in [0.1, 0.15) is 0 Å². The molecule has 2 aromatic rings. The molecule has 0 aromatic heterocycles. The molecule has 0 aliphatic rings. The zero-order valence-corrected chi connectivity index (χ0v) is 11.0. The Morgan fingerprint density at radius 1 is 0.444 bits per heavy atom. The summed E-state index contributed by atoms with van der Waals surface area (Å²) in [6.07, 6.45) is 7.79. The Hall–Kier alpha value is -1.56. The molecule has 0 radical (unpaired) electrons. The van der Waals surface area contributed by atoms with E-state index >= 15 is 0 Å². The maximum absolute atomic E-state index is 2.23. The van der Waals surface area contributed by atoms with Crippen LogP contribution in [-0.4, -0.2) is 0 Å². The summed E-state index contributed by atoms with van der Waals surface area (Å²) in [5.74, 6) is 0. The molecular formula is C18H22. The maximum Gasteiger partial charge on any atom is -0.0279 e. The third-order valence-electron chi connectivity index (χ3n) is 3.37. The summed E-state index contributed by atoms with van der Waals surface area (Å²) in [6, 6.07) is 21.6. The second-order valence-corrected chi connectivity index (χ2v) is 4.89. The van der Waals surface area contributed by atoms with Crippen LogP contribution in [0.3, 0.4) is 0 Å². The lowest BCUT2D eigenvalue weighted by Crippen LogP contribution is -1.88. The van der Waals surface area contributed by atoms with E-state index in [1.54, 1.807) is 0 Å². The van der Waals surface area contributed by atoms with E-state index in [1.807, 2.05) is 0 Å². The molecule has 0 heterocycles. The molecule has 0 spiro atoms. The Morgan fingerprint density at radius 3 is 1.22 bits per heavy atom. The molecule has 94 valence electrons. The zero-order valence-electron chi connectivity index (χ0n) is 11.0. The van der Waals surface area contributed by atoms with Gasteiger partial charge in [-0.25, -0.2) is 0 Å². The summed E-state index contributed by atoms with van der Waals surface area (Å²) < 4.78 is 0. The fourth-order valence-corrected chi connectivity index (χ4v) is 2.30. The van der Waals surface area contributed by atoms with Gasteiger partial charge in [-0.2, -0.15) is 0 Å². The number of rotatable bonds is 7. The molecule has 0 nitrogen and oxygen atoms in total. The molecule has 0 unspecified atom stereocenters. The maximum atomic E-state index is 2.23. The van der Waals surface area contributed by atoms with Gasteiger partial charge in [0.25, 0.3) is 0 Å². The van der Waals surface area contributed by atoms with Gasteiger partial charge in [0.05, 0.1) is 0 Å². The first-order valence-corrected chi connectivity index (χ1v) is 7.03. The van der Waals surface area contributed by atoms with Gasteiger partial charge in [0.2, 0.25) is 0 Å². The Kier molecular flexibility index (Phi) is 5.52. The van der Waals surface area contributed by atoms with E-state index in [2.05, 4.69) is 60.7 Å². The molecule has 0 bridgehead atoms. The van der Waals surface area contributed by atoms with Crippen molar-refractivity contribution in [2.75, 3.05) is 0 Å². The second-order valence-electron chi connectivity index (χ2n) is 4.89. The van der Waals surface area contributed by atoms with Crippen LogP contribution in [0.1, 0.15) is 36.8 Å². The van der Waals surface area contributed by atoms with Crippen LogP contribution < -0.4 is 0 Å². The Balaban J connectivity index is 1.54. The van der Waals surface area contributed by atoms with Crippen molar-refractivity contribution < 1.29 is 0 Å². The number of aryl methyl sites for hydroxylation is 2. The van der Waals surface area contributed by atoms with Crippen LogP contribution in [0.15, 0.2) is 60.7 Å². The summed E-state index contributed by atoms with van der Waals surface area (Å²) in [7, 11) is 0. The number of hydrogen-bond acceptors (Lipinski definition) is 0. The summed E-state index contributed by atoms with van der Waals surface area (Å²) in [5.41, 5.74) is 2.95. The fourth-order valence-electron chi connectivity index (χ4n) is 2.30. The molecule has 0 amide bonds. The van der Waals surface area contributed by atoms with E-state index in [0.717, 1.165) is 0 Å². The van der Waals surface area contributed by atoms with E-state index < -0.39 is 0 Å². The summed E-state index contributed by atoms with van der Waals surface area (Å²) in [5, 5.41) is 0. The van der Waals surface area contributed by atoms with Crippen LogP contribution >= 0.6 is 0 Å². The van der Waals surface area contributed by atoms with Gasteiger partial charge in [0, 0.05) is 0 Å². The van der Waals surface area contributed by atoms with Crippen molar-refractivity contribution in [1.29, 1.82) is 0 Å². The average Bonchev–Trinajstić information content (AvgIpc) is 2.45. The highest BCUT2D eigenvalue weighted by Crippen LogP contribution is 2.10. The van der Waals surface area contributed by atoms with Crippen molar-refractivity contribution in [3.8, 4) is 0 Å². The monoisotopic (exact) mass is 238 g/mol. The molecule has 2 aromatic carbocycles. The van der Waals surface area contributed by atoms with Crippen LogP contribution in [0.25, 0.3) is 0 Å². The lowest BCUT2D eigenvalue weighted by molar-refractivity contribution is 0.640. The van der Waals surface area contributed by atoms with Crippen molar-refractivity contribution in [2.45, 2.75) is 38.5 Å². The smallest absolute Gasteiger partial charge is 0.0279 e. The third-order valence-corrected chi connectivity index (χ3v) is 3.37. The topological polar surface area (TPSA) is 0 Å². The highest BCUT2D eigenvalue weighted by Gasteiger charge is 1.94. The molecule has 18 heavy (non-hydrogen) atoms. The molecule has 2 rings (SSSR count). The molecule has 0 fully saturated rings. The molecular weight excluding hydrogens is 216 g/mol. The number of unbranched alkanes of at least 4 members (excludes halogenated alkanes) is 3. The first kappa shape index (κ1) is 12.9. The van der Waals surface area contributed by atoms with Crippen LogP contribution in [0.2, 0.25) is 0 Å². The van der Waals surface area contributed by atoms with Crippen LogP contribution in [0.5, 0.6) is 0 Å². The number of hydrogen-bond donors (Lipinski definition) is 0. The SMILES string of the molecule is c1ccc(CCCCCCc2ccccc2)cc1. The van der Waals surface area contributed by atoms with Crippen molar-refractivity contribution in [3.63, 3.8) is 0 Å². The molecule has 0 saturated heterocycles. The lowest BCUT2D eigenvalue weighted by Gasteiger charge is -2.03. The summed E-state index contributed by atoms with van der Waals surface area (Å²) >= 11 is 0. The van der Waals surface area contributed by atoms with E-state index in [1.165, 1.54) is 49.7 Å². The standard InChI is InChI=1S/C18H22/c1(5-11-17-13-7-3-8-14-17)2-6-12-18-15-9-4-10-16-18/h3-4,7-10,13-16H,1-2,5-6,11-12H2. The normalized spacial score (nSPS) is 10.4. The average molecular weight is 238 g/mol. The van der Waals surface area contributed by atoms with Crippen LogP contribution in [-0.2, 0) is 12.8 Å². The quantitative estimate of drug-likeness (QED) is 0.593. The van der Waals surface area contributed by atoms with E-state index in [4.69, 9.17) is 0 Å². The van der Waals surface area contributed by atoms with Crippen LogP contribution in [0, 0.1) is 0 Å². The van der Waals surface area contributed by atoms with Crippen molar-refractivity contribution in [3.05, 3.63) is 71.8 Å². The van der Waals surface area contributed by atoms with Gasteiger partial charge in [0.15, 0.2) is 0 Å². The molecule has 0 aliphatic carbocycles. The highest BCUT2D eigenvalue weighted by molar-refractivity contribution is 5.15. The predicted molar refractivity (Wildman–Crippen MR) is 78.8 cm³/mol. The van der Waals surface area contributed by atoms with Gasteiger partial charge < -0.3 is 0 Å². The fraction of sp³-hybridized carbons (Fsp3) is 0.333. The van der Waals surface area contributed by atoms with Crippen molar-refractivity contribution in [2.24, 2.45) is 0 Å². The zero-order chi connectivity index (χ0) is 12.5. The van der Waals surface area contributed by atoms with Gasteiger partial charge in [-0.3, -0.25) is 0 Å². The molecule has 0 heteroatoms. The Labute approximate surface area is 111 Å². The van der Waals surface area contributed by atoms with Gasteiger partial charge in [-0.05, 0) is 36.8 Å². The van der Waals surface area contributed by atoms with Gasteiger partial charge in [-0.15, -0.1) is 0 Å². The van der Waals surface area contributed by atoms with E-state index in [-0.39, 0.29) is 0 Å². The minimum atomic E-state index is 1.23. The van der Waals surface area contributed by atoms with Gasteiger partial charge in [-0.1, -0.05) is 73.5 Å². The second kappa shape index (κ2) is 7.71. The largest absolute Gasteiger partial charge is 0.0622 e. The minimum absolute atomic E-state index is 1.23. The van der Waals surface area contributed by atoms with E-state index in [9.17, 15) is 0 Å². The number of benzene rings is 2. The molecule has 0 saturated carbocycles. The highest BCUT2D eigenvalue weighted by atomic mass is 14.0. The minimum Gasteiger partial charge on any atom is -0.0622 e. The van der Waals surface area contributed by atoms with Gasteiger partial charge >= 0.3 is 0 Å². The first-order chi connectivity index (χ1) is 8.95. The summed E-state index contributed by atoms with van der Waals surface area (Å²) in [6.45, 7) is 0. The molecule has 0 N–H and O–H groups in total. The molecule has 0 aliphatic heterocycles. The molecule has 0 atom stereocenters. The first-order valence-electron chi connectivity index (χ1n) is 7.03. The van der Waals surface area contributed by atoms with Crippen molar-refractivity contribution in [1.82, 2.24) is 0 Å². The predicted octanol–water partition coefficient (Wildman–Crippen LogP) is 5.03. The van der Waals surface area contributed by atoms with E-state index in [0.29, 0.717) is 0 Å². The van der Waals surface area contributed by atoms with Crippen LogP contribution in [0.4, 0.5) is 0 Å². The summed E-state index contributed by atoms with van der Waals surface area (Å²) in [4.78, 5) is 0. The van der Waals surface area contributed by atoms with Crippen molar-refractivity contribution >= 4 is 0 Å². The Bertz CT molecular complexity index is 373.